The molecule has 0 spiro atoms. The van der Waals surface area contributed by atoms with Crippen LogP contribution in [-0.2, 0) is 23.0 Å². The average Bonchev–Trinajstić information content (AvgIpc) is 3.30. The van der Waals surface area contributed by atoms with E-state index >= 15 is 0 Å². The minimum atomic E-state index is -3.80. The number of carbonyl (C=O) groups is 1. The zero-order valence-electron chi connectivity index (χ0n) is 20.2. The molecule has 8 heteroatoms. The van der Waals surface area contributed by atoms with Gasteiger partial charge in [0, 0.05) is 30.3 Å². The highest BCUT2D eigenvalue weighted by Crippen LogP contribution is 2.27. The van der Waals surface area contributed by atoms with Crippen molar-refractivity contribution in [2.75, 3.05) is 11.9 Å². The van der Waals surface area contributed by atoms with E-state index in [-0.39, 0.29) is 28.4 Å². The van der Waals surface area contributed by atoms with E-state index in [0.717, 1.165) is 28.9 Å². The Morgan fingerprint density at radius 1 is 1.00 bits per heavy atom. The van der Waals surface area contributed by atoms with Crippen molar-refractivity contribution in [3.8, 4) is 5.75 Å². The van der Waals surface area contributed by atoms with Crippen molar-refractivity contribution in [1.29, 1.82) is 0 Å². The Labute approximate surface area is 207 Å². The van der Waals surface area contributed by atoms with E-state index in [4.69, 9.17) is 4.74 Å². The second-order valence-corrected chi connectivity index (χ2v) is 10.7. The van der Waals surface area contributed by atoms with Gasteiger partial charge in [-0.2, -0.15) is 0 Å². The van der Waals surface area contributed by atoms with Gasteiger partial charge in [0.15, 0.2) is 0 Å². The number of sulfonamides is 1. The molecule has 1 aliphatic heterocycles. The van der Waals surface area contributed by atoms with Crippen LogP contribution in [0.15, 0.2) is 71.6 Å². The number of amides is 1. The number of nitrogens with one attached hydrogen (secondary N) is 3. The standard InChI is InChI=1S/C27H31N3O4S/c1-18(2)30-35(32,33)25-15-23(27(31)29-19(3)21-7-5-4-6-8-21)14-24(16-25)28-17-20-9-10-26-22(13-20)11-12-34-26/h4-10,13-16,18-19,28,30H,11-12,17H2,1-3H3,(H,29,31)/t19-/m0/s1. The average molecular weight is 494 g/mol. The Kier molecular flexibility index (Phi) is 7.42. The second kappa shape index (κ2) is 10.5. The molecule has 0 aromatic heterocycles. The molecule has 3 N–H and O–H groups in total. The lowest BCUT2D eigenvalue weighted by molar-refractivity contribution is 0.0939. The van der Waals surface area contributed by atoms with Crippen LogP contribution in [0.2, 0.25) is 0 Å². The molecule has 0 fully saturated rings. The molecule has 1 heterocycles. The van der Waals surface area contributed by atoms with Crippen LogP contribution >= 0.6 is 0 Å². The molecule has 3 aromatic carbocycles. The van der Waals surface area contributed by atoms with Gasteiger partial charge < -0.3 is 15.4 Å². The molecule has 1 atom stereocenters. The molecular weight excluding hydrogens is 462 g/mol. The molecular formula is C27H31N3O4S. The highest BCUT2D eigenvalue weighted by atomic mass is 32.2. The Morgan fingerprint density at radius 3 is 2.51 bits per heavy atom. The van der Waals surface area contributed by atoms with Crippen molar-refractivity contribution in [3.63, 3.8) is 0 Å². The molecule has 35 heavy (non-hydrogen) atoms. The fraction of sp³-hybridized carbons (Fsp3) is 0.296. The predicted octanol–water partition coefficient (Wildman–Crippen LogP) is 4.41. The number of anilines is 1. The molecule has 0 bridgehead atoms. The van der Waals surface area contributed by atoms with Crippen LogP contribution in [0.25, 0.3) is 0 Å². The first kappa shape index (κ1) is 24.8. The maximum absolute atomic E-state index is 13.1. The summed E-state index contributed by atoms with van der Waals surface area (Å²) in [7, 11) is -3.80. The van der Waals surface area contributed by atoms with Gasteiger partial charge in [-0.25, -0.2) is 13.1 Å². The first-order valence-corrected chi connectivity index (χ1v) is 13.2. The van der Waals surface area contributed by atoms with E-state index < -0.39 is 10.0 Å². The first-order valence-electron chi connectivity index (χ1n) is 11.7. The van der Waals surface area contributed by atoms with Crippen molar-refractivity contribution in [3.05, 3.63) is 89.0 Å². The number of hydrogen-bond donors (Lipinski definition) is 3. The van der Waals surface area contributed by atoms with Gasteiger partial charge in [-0.3, -0.25) is 4.79 Å². The van der Waals surface area contributed by atoms with Gasteiger partial charge in [-0.05, 0) is 61.7 Å². The smallest absolute Gasteiger partial charge is 0.251 e. The summed E-state index contributed by atoms with van der Waals surface area (Å²) in [6, 6.07) is 19.8. The summed E-state index contributed by atoms with van der Waals surface area (Å²) in [6.45, 7) is 6.58. The molecule has 0 radical (unpaired) electrons. The quantitative estimate of drug-likeness (QED) is 0.410. The summed E-state index contributed by atoms with van der Waals surface area (Å²) in [5.74, 6) is 0.564. The number of benzene rings is 3. The SMILES string of the molecule is CC(C)NS(=O)(=O)c1cc(NCc2ccc3c(c2)CCO3)cc(C(=O)N[C@@H](C)c2ccccc2)c1. The summed E-state index contributed by atoms with van der Waals surface area (Å²) >= 11 is 0. The lowest BCUT2D eigenvalue weighted by Gasteiger charge is -2.17. The van der Waals surface area contributed by atoms with E-state index in [1.165, 1.54) is 6.07 Å². The fourth-order valence-electron chi connectivity index (χ4n) is 4.02. The van der Waals surface area contributed by atoms with Crippen molar-refractivity contribution in [1.82, 2.24) is 10.0 Å². The highest BCUT2D eigenvalue weighted by molar-refractivity contribution is 7.89. The highest BCUT2D eigenvalue weighted by Gasteiger charge is 2.20. The maximum Gasteiger partial charge on any atom is 0.251 e. The summed E-state index contributed by atoms with van der Waals surface area (Å²) in [5.41, 5.74) is 3.99. The van der Waals surface area contributed by atoms with Crippen LogP contribution in [0, 0.1) is 0 Å². The third-order valence-electron chi connectivity index (χ3n) is 5.77. The van der Waals surface area contributed by atoms with Crippen molar-refractivity contribution in [2.24, 2.45) is 0 Å². The monoisotopic (exact) mass is 493 g/mol. The fourth-order valence-corrected chi connectivity index (χ4v) is 5.35. The van der Waals surface area contributed by atoms with Crippen LogP contribution in [0.3, 0.4) is 0 Å². The molecule has 1 amide bonds. The minimum absolute atomic E-state index is 0.0380. The number of hydrogen-bond acceptors (Lipinski definition) is 5. The molecule has 1 aliphatic rings. The third-order valence-corrected chi connectivity index (χ3v) is 7.41. The Morgan fingerprint density at radius 2 is 1.77 bits per heavy atom. The zero-order chi connectivity index (χ0) is 25.0. The van der Waals surface area contributed by atoms with Gasteiger partial charge in [-0.15, -0.1) is 0 Å². The van der Waals surface area contributed by atoms with Crippen LogP contribution in [0.1, 0.15) is 53.9 Å². The largest absolute Gasteiger partial charge is 0.493 e. The van der Waals surface area contributed by atoms with Crippen molar-refractivity contribution < 1.29 is 17.9 Å². The lowest BCUT2D eigenvalue weighted by Crippen LogP contribution is -2.31. The molecule has 4 rings (SSSR count). The molecule has 7 nitrogen and oxygen atoms in total. The maximum atomic E-state index is 13.1. The van der Waals surface area contributed by atoms with Crippen LogP contribution < -0.4 is 20.1 Å². The van der Waals surface area contributed by atoms with Crippen LogP contribution in [0.5, 0.6) is 5.75 Å². The first-order chi connectivity index (χ1) is 16.7. The number of rotatable bonds is 9. The van der Waals surface area contributed by atoms with Gasteiger partial charge in [0.05, 0.1) is 17.5 Å². The van der Waals surface area contributed by atoms with E-state index in [0.29, 0.717) is 18.8 Å². The van der Waals surface area contributed by atoms with Gasteiger partial charge in [0.2, 0.25) is 10.0 Å². The minimum Gasteiger partial charge on any atom is -0.493 e. The van der Waals surface area contributed by atoms with Gasteiger partial charge >= 0.3 is 0 Å². The van der Waals surface area contributed by atoms with E-state index in [9.17, 15) is 13.2 Å². The van der Waals surface area contributed by atoms with E-state index in [2.05, 4.69) is 21.4 Å². The zero-order valence-corrected chi connectivity index (χ0v) is 21.0. The normalized spacial score (nSPS) is 13.7. The summed E-state index contributed by atoms with van der Waals surface area (Å²) in [6.07, 6.45) is 0.877. The van der Waals surface area contributed by atoms with Crippen molar-refractivity contribution >= 4 is 21.6 Å². The van der Waals surface area contributed by atoms with Gasteiger partial charge in [0.25, 0.3) is 5.91 Å². The molecule has 0 saturated heterocycles. The Bertz CT molecular complexity index is 1310. The summed E-state index contributed by atoms with van der Waals surface area (Å²) in [5, 5.41) is 6.25. The molecule has 0 aliphatic carbocycles. The number of ether oxygens (including phenoxy) is 1. The molecule has 0 saturated carbocycles. The Balaban J connectivity index is 1.59. The van der Waals surface area contributed by atoms with E-state index in [1.54, 1.807) is 26.0 Å². The molecule has 0 unspecified atom stereocenters. The van der Waals surface area contributed by atoms with Crippen LogP contribution in [0.4, 0.5) is 5.69 Å². The molecule has 3 aromatic rings. The third kappa shape index (κ3) is 6.21. The van der Waals surface area contributed by atoms with Gasteiger partial charge in [0.1, 0.15) is 5.75 Å². The Hall–Kier alpha value is -3.36. The van der Waals surface area contributed by atoms with Crippen LogP contribution in [-0.4, -0.2) is 27.0 Å². The second-order valence-electron chi connectivity index (χ2n) is 9.02. The topological polar surface area (TPSA) is 96.5 Å². The predicted molar refractivity (Wildman–Crippen MR) is 137 cm³/mol. The molecule has 184 valence electrons. The van der Waals surface area contributed by atoms with E-state index in [1.807, 2.05) is 49.4 Å². The van der Waals surface area contributed by atoms with Crippen molar-refractivity contribution in [2.45, 2.75) is 50.7 Å². The summed E-state index contributed by atoms with van der Waals surface area (Å²) < 4.78 is 34.0. The number of carbonyl (C=O) groups excluding carboxylic acids is 1. The lowest BCUT2D eigenvalue weighted by atomic mass is 10.1. The summed E-state index contributed by atoms with van der Waals surface area (Å²) in [4.78, 5) is 13.2. The van der Waals surface area contributed by atoms with Gasteiger partial charge in [-0.1, -0.05) is 42.5 Å². The number of fused-ring (bicyclic) bond motifs is 1.